The maximum atomic E-state index is 10.6. The Morgan fingerprint density at radius 3 is 2.62 bits per heavy atom. The zero-order chi connectivity index (χ0) is 18.1. The van der Waals surface area contributed by atoms with Crippen molar-refractivity contribution in [2.75, 3.05) is 26.7 Å². The standard InChI is InChI=1S/C20H33N3O2.HI/c1-4-21-19(23-15-20(24)11-6-5-7-12-20)22-13-10-17-9-8-16(2)18(14-17)25-3;/h8-9,14,24H,4-7,10-13,15H2,1-3H3,(H2,21,22,23);1H. The van der Waals surface area contributed by atoms with Gasteiger partial charge in [0.15, 0.2) is 5.96 Å². The predicted octanol–water partition coefficient (Wildman–Crippen LogP) is 3.41. The molecular weight excluding hydrogens is 441 g/mol. The van der Waals surface area contributed by atoms with Gasteiger partial charge in [0.05, 0.1) is 19.3 Å². The molecule has 0 aliphatic heterocycles. The molecule has 0 atom stereocenters. The zero-order valence-corrected chi connectivity index (χ0v) is 18.6. The van der Waals surface area contributed by atoms with Crippen LogP contribution >= 0.6 is 24.0 Å². The second-order valence-electron chi connectivity index (χ2n) is 6.96. The Morgan fingerprint density at radius 1 is 1.23 bits per heavy atom. The fraction of sp³-hybridized carbons (Fsp3) is 0.650. The number of rotatable bonds is 7. The lowest BCUT2D eigenvalue weighted by atomic mass is 9.85. The molecule has 1 aliphatic carbocycles. The van der Waals surface area contributed by atoms with Crippen LogP contribution in [-0.4, -0.2) is 43.4 Å². The van der Waals surface area contributed by atoms with Gasteiger partial charge in [-0.3, -0.25) is 4.99 Å². The molecule has 0 saturated heterocycles. The molecule has 0 amide bonds. The van der Waals surface area contributed by atoms with Gasteiger partial charge in [-0.1, -0.05) is 31.4 Å². The minimum atomic E-state index is -0.620. The van der Waals surface area contributed by atoms with Crippen LogP contribution in [0.4, 0.5) is 0 Å². The minimum absolute atomic E-state index is 0. The number of hydrogen-bond donors (Lipinski definition) is 3. The Labute approximate surface area is 175 Å². The number of aliphatic hydroxyl groups is 1. The Kier molecular flexibility index (Phi) is 10.3. The lowest BCUT2D eigenvalue weighted by Crippen LogP contribution is -2.41. The van der Waals surface area contributed by atoms with Crippen LogP contribution in [-0.2, 0) is 6.42 Å². The second-order valence-corrected chi connectivity index (χ2v) is 6.96. The number of ether oxygens (including phenoxy) is 1. The van der Waals surface area contributed by atoms with Crippen LogP contribution in [0.3, 0.4) is 0 Å². The summed E-state index contributed by atoms with van der Waals surface area (Å²) in [5, 5.41) is 17.2. The molecule has 1 aromatic rings. The van der Waals surface area contributed by atoms with Gasteiger partial charge in [0.25, 0.3) is 0 Å². The van der Waals surface area contributed by atoms with Crippen LogP contribution in [0.15, 0.2) is 23.2 Å². The van der Waals surface area contributed by atoms with Gasteiger partial charge in [-0.25, -0.2) is 0 Å². The first-order valence-corrected chi connectivity index (χ1v) is 9.44. The molecule has 1 aromatic carbocycles. The van der Waals surface area contributed by atoms with Crippen LogP contribution in [0.1, 0.15) is 50.2 Å². The van der Waals surface area contributed by atoms with Crippen molar-refractivity contribution in [3.63, 3.8) is 0 Å². The zero-order valence-electron chi connectivity index (χ0n) is 16.3. The summed E-state index contributed by atoms with van der Waals surface area (Å²) >= 11 is 0. The molecule has 1 saturated carbocycles. The number of guanidine groups is 1. The average Bonchev–Trinajstić information content (AvgIpc) is 2.62. The van der Waals surface area contributed by atoms with E-state index in [1.807, 2.05) is 6.92 Å². The van der Waals surface area contributed by atoms with Gasteiger partial charge in [0.2, 0.25) is 0 Å². The minimum Gasteiger partial charge on any atom is -0.496 e. The van der Waals surface area contributed by atoms with Gasteiger partial charge in [0, 0.05) is 13.1 Å². The Balaban J connectivity index is 0.00000338. The van der Waals surface area contributed by atoms with Crippen molar-refractivity contribution in [3.05, 3.63) is 29.3 Å². The monoisotopic (exact) mass is 475 g/mol. The highest BCUT2D eigenvalue weighted by Gasteiger charge is 2.28. The topological polar surface area (TPSA) is 65.9 Å². The molecule has 6 heteroatoms. The molecule has 0 aromatic heterocycles. The van der Waals surface area contributed by atoms with Crippen LogP contribution < -0.4 is 15.4 Å². The highest BCUT2D eigenvalue weighted by molar-refractivity contribution is 14.0. The largest absolute Gasteiger partial charge is 0.496 e. The molecule has 1 fully saturated rings. The first-order valence-electron chi connectivity index (χ1n) is 9.44. The highest BCUT2D eigenvalue weighted by Crippen LogP contribution is 2.28. The quantitative estimate of drug-likeness (QED) is 0.321. The van der Waals surface area contributed by atoms with E-state index in [0.717, 1.165) is 62.5 Å². The van der Waals surface area contributed by atoms with Crippen molar-refractivity contribution in [2.24, 2.45) is 4.99 Å². The third-order valence-electron chi connectivity index (χ3n) is 4.84. The molecule has 0 heterocycles. The summed E-state index contributed by atoms with van der Waals surface area (Å²) in [6.07, 6.45) is 6.05. The molecule has 0 bridgehead atoms. The van der Waals surface area contributed by atoms with Gasteiger partial charge < -0.3 is 20.5 Å². The van der Waals surface area contributed by atoms with E-state index in [4.69, 9.17) is 4.74 Å². The van der Waals surface area contributed by atoms with E-state index in [9.17, 15) is 5.11 Å². The fourth-order valence-corrected chi connectivity index (χ4v) is 3.28. The first kappa shape index (κ1) is 23.0. The maximum absolute atomic E-state index is 10.6. The summed E-state index contributed by atoms with van der Waals surface area (Å²) in [4.78, 5) is 4.61. The lowest BCUT2D eigenvalue weighted by Gasteiger charge is -2.30. The van der Waals surface area contributed by atoms with Gasteiger partial charge in [0.1, 0.15) is 5.75 Å². The summed E-state index contributed by atoms with van der Waals surface area (Å²) < 4.78 is 5.38. The summed E-state index contributed by atoms with van der Waals surface area (Å²) in [5.41, 5.74) is 1.76. The first-order chi connectivity index (χ1) is 12.1. The van der Waals surface area contributed by atoms with Crippen molar-refractivity contribution >= 4 is 29.9 Å². The van der Waals surface area contributed by atoms with Crippen molar-refractivity contribution in [1.82, 2.24) is 10.6 Å². The number of nitrogens with one attached hydrogen (secondary N) is 2. The number of hydrogen-bond acceptors (Lipinski definition) is 3. The van der Waals surface area contributed by atoms with Gasteiger partial charge >= 0.3 is 0 Å². The molecule has 0 radical (unpaired) electrons. The molecule has 148 valence electrons. The predicted molar refractivity (Wildman–Crippen MR) is 119 cm³/mol. The summed E-state index contributed by atoms with van der Waals surface area (Å²) in [6.45, 7) is 6.17. The number of halogens is 1. The maximum Gasteiger partial charge on any atom is 0.191 e. The Morgan fingerprint density at radius 2 is 1.96 bits per heavy atom. The Hall–Kier alpha value is -1.02. The average molecular weight is 475 g/mol. The summed E-state index contributed by atoms with van der Waals surface area (Å²) in [7, 11) is 1.70. The van der Waals surface area contributed by atoms with Gasteiger partial charge in [-0.15, -0.1) is 24.0 Å². The van der Waals surface area contributed by atoms with Crippen LogP contribution in [0.2, 0.25) is 0 Å². The second kappa shape index (κ2) is 11.6. The van der Waals surface area contributed by atoms with E-state index in [-0.39, 0.29) is 24.0 Å². The van der Waals surface area contributed by atoms with Crippen LogP contribution in [0, 0.1) is 6.92 Å². The molecule has 0 spiro atoms. The molecule has 2 rings (SSSR count). The summed E-state index contributed by atoms with van der Waals surface area (Å²) in [5.74, 6) is 1.71. The van der Waals surface area contributed by atoms with Crippen LogP contribution in [0.5, 0.6) is 5.75 Å². The highest BCUT2D eigenvalue weighted by atomic mass is 127. The lowest BCUT2D eigenvalue weighted by molar-refractivity contribution is 0.0131. The van der Waals surface area contributed by atoms with Crippen molar-refractivity contribution < 1.29 is 9.84 Å². The fourth-order valence-electron chi connectivity index (χ4n) is 3.28. The van der Waals surface area contributed by atoms with E-state index in [1.165, 1.54) is 12.0 Å². The number of methoxy groups -OCH3 is 1. The van der Waals surface area contributed by atoms with Gasteiger partial charge in [-0.05, 0) is 50.3 Å². The molecule has 0 unspecified atom stereocenters. The molecular formula is C20H34IN3O2. The number of aliphatic imine (C=N–C) groups is 1. The van der Waals surface area contributed by atoms with E-state index in [1.54, 1.807) is 7.11 Å². The van der Waals surface area contributed by atoms with Crippen LogP contribution in [0.25, 0.3) is 0 Å². The third-order valence-corrected chi connectivity index (χ3v) is 4.84. The van der Waals surface area contributed by atoms with E-state index < -0.39 is 5.60 Å². The Bertz CT molecular complexity index is 572. The summed E-state index contributed by atoms with van der Waals surface area (Å²) in [6, 6.07) is 6.31. The van der Waals surface area contributed by atoms with E-state index >= 15 is 0 Å². The van der Waals surface area contributed by atoms with Crippen molar-refractivity contribution in [2.45, 2.75) is 58.0 Å². The molecule has 26 heavy (non-hydrogen) atoms. The van der Waals surface area contributed by atoms with Gasteiger partial charge in [-0.2, -0.15) is 0 Å². The molecule has 5 nitrogen and oxygen atoms in total. The van der Waals surface area contributed by atoms with E-state index in [2.05, 4.69) is 40.7 Å². The smallest absolute Gasteiger partial charge is 0.191 e. The normalized spacial score (nSPS) is 16.5. The number of benzene rings is 1. The number of aryl methyl sites for hydroxylation is 1. The van der Waals surface area contributed by atoms with Crippen molar-refractivity contribution in [1.29, 1.82) is 0 Å². The molecule has 1 aliphatic rings. The number of nitrogens with zero attached hydrogens (tertiary/aromatic N) is 1. The van der Waals surface area contributed by atoms with E-state index in [0.29, 0.717) is 6.54 Å². The van der Waals surface area contributed by atoms with Crippen molar-refractivity contribution in [3.8, 4) is 5.75 Å². The SMILES string of the molecule is CCNC(=NCC1(O)CCCCC1)NCCc1ccc(C)c(OC)c1.I. The molecule has 3 N–H and O–H groups in total. The third kappa shape index (κ3) is 7.31.